The summed E-state index contributed by atoms with van der Waals surface area (Å²) in [6.45, 7) is 3.68. The summed E-state index contributed by atoms with van der Waals surface area (Å²) in [6.07, 6.45) is 0. The molecule has 0 radical (unpaired) electrons. The van der Waals surface area contributed by atoms with Crippen molar-refractivity contribution in [1.29, 1.82) is 0 Å². The summed E-state index contributed by atoms with van der Waals surface area (Å²) < 4.78 is 13.0. The van der Waals surface area contributed by atoms with Crippen molar-refractivity contribution in [3.63, 3.8) is 0 Å². The molecule has 0 saturated heterocycles. The van der Waals surface area contributed by atoms with E-state index in [4.69, 9.17) is 23.2 Å². The van der Waals surface area contributed by atoms with Crippen LogP contribution in [0.2, 0.25) is 10.3 Å². The van der Waals surface area contributed by atoms with Crippen molar-refractivity contribution in [2.24, 2.45) is 0 Å². The van der Waals surface area contributed by atoms with Gasteiger partial charge in [0.05, 0.1) is 11.7 Å². The van der Waals surface area contributed by atoms with Gasteiger partial charge in [0.2, 0.25) is 0 Å². The van der Waals surface area contributed by atoms with Gasteiger partial charge in [-0.25, -0.2) is 9.37 Å². The molecule has 1 aromatic heterocycles. The molecule has 106 valence electrons. The predicted octanol–water partition coefficient (Wildman–Crippen LogP) is 4.71. The molecule has 1 heterocycles. The first-order chi connectivity index (χ1) is 9.38. The first kappa shape index (κ1) is 14.9. The highest BCUT2D eigenvalue weighted by molar-refractivity contribution is 6.34. The molecule has 1 unspecified atom stereocenters. The largest absolute Gasteiger partial charge is 0.507 e. The Morgan fingerprint density at radius 2 is 2.00 bits per heavy atom. The van der Waals surface area contributed by atoms with Crippen LogP contribution in [0.25, 0.3) is 0 Å². The van der Waals surface area contributed by atoms with E-state index < -0.39 is 5.82 Å². The van der Waals surface area contributed by atoms with Gasteiger partial charge in [0.1, 0.15) is 16.7 Å². The van der Waals surface area contributed by atoms with Crippen LogP contribution in [0.3, 0.4) is 0 Å². The van der Waals surface area contributed by atoms with Gasteiger partial charge in [0.25, 0.3) is 0 Å². The van der Waals surface area contributed by atoms with Gasteiger partial charge < -0.3 is 10.4 Å². The van der Waals surface area contributed by atoms with E-state index in [1.165, 1.54) is 12.1 Å². The standard InChI is InChI=1S/C14H13Cl2FN2O/c1-7-5-12(15)19-14(16)13(7)18-8(2)10-4-3-9(17)6-11(10)20/h3-6,8,18,20H,1-2H3. The van der Waals surface area contributed by atoms with Crippen LogP contribution in [0, 0.1) is 12.7 Å². The van der Waals surface area contributed by atoms with Crippen molar-refractivity contribution in [2.75, 3.05) is 5.32 Å². The summed E-state index contributed by atoms with van der Waals surface area (Å²) in [7, 11) is 0. The first-order valence-electron chi connectivity index (χ1n) is 5.96. The van der Waals surface area contributed by atoms with Crippen molar-refractivity contribution in [2.45, 2.75) is 19.9 Å². The zero-order valence-electron chi connectivity index (χ0n) is 10.9. The van der Waals surface area contributed by atoms with Crippen LogP contribution in [-0.2, 0) is 0 Å². The number of nitrogens with zero attached hydrogens (tertiary/aromatic N) is 1. The summed E-state index contributed by atoms with van der Waals surface area (Å²) in [6, 6.07) is 5.31. The van der Waals surface area contributed by atoms with Crippen molar-refractivity contribution in [3.05, 3.63) is 51.5 Å². The molecule has 0 spiro atoms. The van der Waals surface area contributed by atoms with E-state index in [0.29, 0.717) is 16.4 Å². The quantitative estimate of drug-likeness (QED) is 0.806. The van der Waals surface area contributed by atoms with Gasteiger partial charge in [-0.1, -0.05) is 29.3 Å². The molecule has 0 fully saturated rings. The third kappa shape index (κ3) is 3.14. The highest BCUT2D eigenvalue weighted by Crippen LogP contribution is 2.32. The topological polar surface area (TPSA) is 45.2 Å². The Morgan fingerprint density at radius 3 is 2.60 bits per heavy atom. The van der Waals surface area contributed by atoms with Crippen molar-refractivity contribution >= 4 is 28.9 Å². The van der Waals surface area contributed by atoms with Crippen LogP contribution in [-0.4, -0.2) is 10.1 Å². The minimum Gasteiger partial charge on any atom is -0.507 e. The molecule has 0 aliphatic rings. The molecule has 3 nitrogen and oxygen atoms in total. The lowest BCUT2D eigenvalue weighted by molar-refractivity contribution is 0.459. The van der Waals surface area contributed by atoms with Crippen LogP contribution >= 0.6 is 23.2 Å². The number of halogens is 3. The Balaban J connectivity index is 2.30. The molecule has 0 amide bonds. The van der Waals surface area contributed by atoms with E-state index in [9.17, 15) is 9.50 Å². The van der Waals surface area contributed by atoms with Crippen molar-refractivity contribution in [3.8, 4) is 5.75 Å². The molecule has 2 N–H and O–H groups in total. The first-order valence-corrected chi connectivity index (χ1v) is 6.71. The lowest BCUT2D eigenvalue weighted by Gasteiger charge is -2.19. The van der Waals surface area contributed by atoms with Crippen molar-refractivity contribution in [1.82, 2.24) is 4.98 Å². The van der Waals surface area contributed by atoms with E-state index in [0.717, 1.165) is 11.6 Å². The summed E-state index contributed by atoms with van der Waals surface area (Å²) in [5, 5.41) is 13.5. The molecule has 1 aromatic carbocycles. The minimum atomic E-state index is -0.485. The number of aromatic nitrogens is 1. The van der Waals surface area contributed by atoms with E-state index >= 15 is 0 Å². The fourth-order valence-electron chi connectivity index (χ4n) is 1.95. The second kappa shape index (κ2) is 5.85. The maximum Gasteiger partial charge on any atom is 0.154 e. The smallest absolute Gasteiger partial charge is 0.154 e. The van der Waals surface area contributed by atoms with E-state index in [-0.39, 0.29) is 16.9 Å². The van der Waals surface area contributed by atoms with Gasteiger partial charge in [-0.15, -0.1) is 0 Å². The van der Waals surface area contributed by atoms with Gasteiger partial charge in [-0.3, -0.25) is 0 Å². The highest BCUT2D eigenvalue weighted by atomic mass is 35.5. The van der Waals surface area contributed by atoms with Crippen LogP contribution in [0.5, 0.6) is 5.75 Å². The molecular formula is C14H13Cl2FN2O. The zero-order valence-corrected chi connectivity index (χ0v) is 12.4. The SMILES string of the molecule is Cc1cc(Cl)nc(Cl)c1NC(C)c1ccc(F)cc1O. The van der Waals surface area contributed by atoms with Gasteiger partial charge in [0, 0.05) is 11.6 Å². The van der Waals surface area contributed by atoms with E-state index in [1.54, 1.807) is 6.07 Å². The number of nitrogens with one attached hydrogen (secondary N) is 1. The van der Waals surface area contributed by atoms with Crippen LogP contribution in [0.1, 0.15) is 24.1 Å². The maximum atomic E-state index is 13.0. The Labute approximate surface area is 126 Å². The fourth-order valence-corrected chi connectivity index (χ4v) is 2.53. The number of anilines is 1. The predicted molar refractivity (Wildman–Crippen MR) is 79.1 cm³/mol. The second-order valence-electron chi connectivity index (χ2n) is 4.50. The minimum absolute atomic E-state index is 0.110. The van der Waals surface area contributed by atoms with Gasteiger partial charge in [-0.2, -0.15) is 0 Å². The van der Waals surface area contributed by atoms with E-state index in [2.05, 4.69) is 10.3 Å². The van der Waals surface area contributed by atoms with Crippen LogP contribution < -0.4 is 5.32 Å². The highest BCUT2D eigenvalue weighted by Gasteiger charge is 2.15. The number of aromatic hydroxyl groups is 1. The number of rotatable bonds is 3. The monoisotopic (exact) mass is 314 g/mol. The normalized spacial score (nSPS) is 12.2. The molecule has 2 rings (SSSR count). The molecule has 1 atom stereocenters. The Bertz CT molecular complexity index is 626. The number of phenolic OH excluding ortho intramolecular Hbond substituents is 1. The van der Waals surface area contributed by atoms with Gasteiger partial charge >= 0.3 is 0 Å². The average Bonchev–Trinajstić information content (AvgIpc) is 2.33. The summed E-state index contributed by atoms with van der Waals surface area (Å²) in [5.41, 5.74) is 2.03. The third-order valence-electron chi connectivity index (χ3n) is 2.96. The van der Waals surface area contributed by atoms with Crippen molar-refractivity contribution < 1.29 is 9.50 Å². The number of phenols is 1. The molecule has 6 heteroatoms. The maximum absolute atomic E-state index is 13.0. The number of hydrogen-bond donors (Lipinski definition) is 2. The van der Waals surface area contributed by atoms with E-state index in [1.807, 2.05) is 13.8 Å². The Morgan fingerprint density at radius 1 is 1.30 bits per heavy atom. The number of hydrogen-bond acceptors (Lipinski definition) is 3. The molecule has 20 heavy (non-hydrogen) atoms. The molecule has 0 aliphatic heterocycles. The van der Waals surface area contributed by atoms with Gasteiger partial charge in [-0.05, 0) is 31.5 Å². The molecule has 2 aromatic rings. The molecule has 0 saturated carbocycles. The average molecular weight is 315 g/mol. The third-order valence-corrected chi connectivity index (χ3v) is 3.43. The second-order valence-corrected chi connectivity index (χ2v) is 5.24. The summed E-state index contributed by atoms with van der Waals surface area (Å²) in [5.74, 6) is -0.596. The molecule has 0 aliphatic carbocycles. The number of pyridine rings is 1. The van der Waals surface area contributed by atoms with Crippen LogP contribution in [0.15, 0.2) is 24.3 Å². The van der Waals surface area contributed by atoms with Gasteiger partial charge in [0.15, 0.2) is 5.15 Å². The van der Waals surface area contributed by atoms with Crippen LogP contribution in [0.4, 0.5) is 10.1 Å². The number of aryl methyl sites for hydroxylation is 1. The lowest BCUT2D eigenvalue weighted by atomic mass is 10.1. The molecule has 0 bridgehead atoms. The Hall–Kier alpha value is -1.52. The summed E-state index contributed by atoms with van der Waals surface area (Å²) in [4.78, 5) is 3.96. The zero-order chi connectivity index (χ0) is 14.9. The summed E-state index contributed by atoms with van der Waals surface area (Å²) >= 11 is 11.9. The molecular weight excluding hydrogens is 302 g/mol. The number of benzene rings is 1. The Kier molecular flexibility index (Phi) is 4.35. The fraction of sp³-hybridized carbons (Fsp3) is 0.214. The lowest BCUT2D eigenvalue weighted by Crippen LogP contribution is -2.09.